The molecule has 3 rings (SSSR count). The van der Waals surface area contributed by atoms with Crippen molar-refractivity contribution in [2.45, 2.75) is 63.7 Å². The summed E-state index contributed by atoms with van der Waals surface area (Å²) < 4.78 is 11.7. The van der Waals surface area contributed by atoms with E-state index >= 15 is 0 Å². The van der Waals surface area contributed by atoms with Gasteiger partial charge in [0.1, 0.15) is 6.10 Å². The number of hydrogen-bond donors (Lipinski definition) is 1. The highest BCUT2D eigenvalue weighted by Gasteiger charge is 2.32. The van der Waals surface area contributed by atoms with E-state index in [-0.39, 0.29) is 12.2 Å². The van der Waals surface area contributed by atoms with Crippen LogP contribution >= 0.6 is 0 Å². The summed E-state index contributed by atoms with van der Waals surface area (Å²) in [5.41, 5.74) is 0. The Hall–Kier alpha value is -1.34. The molecule has 1 amide bonds. The first-order valence-corrected chi connectivity index (χ1v) is 10.2. The molecule has 0 spiro atoms. The maximum absolute atomic E-state index is 12.0. The first-order chi connectivity index (χ1) is 12.7. The van der Waals surface area contributed by atoms with E-state index in [0.29, 0.717) is 25.0 Å². The van der Waals surface area contributed by atoms with E-state index in [2.05, 4.69) is 27.0 Å². The third-order valence-electron chi connectivity index (χ3n) is 5.77. The number of likely N-dealkylation sites (tertiary alicyclic amines) is 1. The summed E-state index contributed by atoms with van der Waals surface area (Å²) in [7, 11) is 1.83. The number of hydrogen-bond acceptors (Lipinski definition) is 4. The first-order valence-electron chi connectivity index (χ1n) is 10.2. The fraction of sp³-hybridized carbons (Fsp3) is 0.895. The second-order valence-corrected chi connectivity index (χ2v) is 7.42. The van der Waals surface area contributed by atoms with Crippen molar-refractivity contribution in [3.63, 3.8) is 0 Å². The van der Waals surface area contributed by atoms with Crippen LogP contribution in [0.4, 0.5) is 0 Å². The van der Waals surface area contributed by atoms with E-state index in [4.69, 9.17) is 9.47 Å². The Morgan fingerprint density at radius 2 is 2.12 bits per heavy atom. The standard InChI is InChI=1S/C19H34N4O3/c1-3-15(23-10-4-7-18(23)24)8-9-21-19(20-2)22-11-13-26-17(14-22)16-6-5-12-25-16/h15-17H,3-14H2,1-2H3,(H,20,21). The maximum atomic E-state index is 12.0. The second kappa shape index (κ2) is 9.55. The van der Waals surface area contributed by atoms with E-state index in [0.717, 1.165) is 70.8 Å². The van der Waals surface area contributed by atoms with Gasteiger partial charge in [-0.25, -0.2) is 0 Å². The zero-order chi connectivity index (χ0) is 18.4. The number of carbonyl (C=O) groups excluding carboxylic acids is 1. The Balaban J connectivity index is 1.47. The molecule has 3 aliphatic heterocycles. The zero-order valence-electron chi connectivity index (χ0n) is 16.3. The lowest BCUT2D eigenvalue weighted by molar-refractivity contribution is -0.129. The molecule has 7 nitrogen and oxygen atoms in total. The third kappa shape index (κ3) is 4.68. The molecule has 7 heteroatoms. The van der Waals surface area contributed by atoms with Crippen LogP contribution in [0.3, 0.4) is 0 Å². The normalized spacial score (nSPS) is 28.7. The van der Waals surface area contributed by atoms with E-state index in [1.54, 1.807) is 0 Å². The lowest BCUT2D eigenvalue weighted by Crippen LogP contribution is -2.53. The van der Waals surface area contributed by atoms with Crippen molar-refractivity contribution in [3.05, 3.63) is 0 Å². The maximum Gasteiger partial charge on any atom is 0.222 e. The molecule has 3 heterocycles. The van der Waals surface area contributed by atoms with Crippen LogP contribution in [0.15, 0.2) is 4.99 Å². The van der Waals surface area contributed by atoms with E-state index in [1.165, 1.54) is 0 Å². The summed E-state index contributed by atoms with van der Waals surface area (Å²) in [6.07, 6.45) is 6.26. The molecule has 0 aromatic heterocycles. The number of ether oxygens (including phenoxy) is 2. The fourth-order valence-electron chi connectivity index (χ4n) is 4.31. The van der Waals surface area contributed by atoms with Gasteiger partial charge in [0.2, 0.25) is 5.91 Å². The molecule has 148 valence electrons. The Morgan fingerprint density at radius 1 is 1.27 bits per heavy atom. The van der Waals surface area contributed by atoms with Crippen LogP contribution in [0.1, 0.15) is 45.4 Å². The Bertz CT molecular complexity index is 493. The van der Waals surface area contributed by atoms with Gasteiger partial charge in [0.05, 0.1) is 12.7 Å². The van der Waals surface area contributed by atoms with Gasteiger partial charge >= 0.3 is 0 Å². The number of aliphatic imine (C=N–C) groups is 1. The average molecular weight is 367 g/mol. The van der Waals surface area contributed by atoms with Crippen molar-refractivity contribution < 1.29 is 14.3 Å². The quantitative estimate of drug-likeness (QED) is 0.566. The van der Waals surface area contributed by atoms with Crippen molar-refractivity contribution >= 4 is 11.9 Å². The predicted octanol–water partition coefficient (Wildman–Crippen LogP) is 1.23. The minimum absolute atomic E-state index is 0.135. The molecule has 3 saturated heterocycles. The van der Waals surface area contributed by atoms with Crippen LogP contribution in [0.25, 0.3) is 0 Å². The smallest absolute Gasteiger partial charge is 0.222 e. The monoisotopic (exact) mass is 366 g/mol. The summed E-state index contributed by atoms with van der Waals surface area (Å²) in [6.45, 7) is 7.15. The molecule has 0 aromatic rings. The van der Waals surface area contributed by atoms with Gasteiger partial charge in [0.25, 0.3) is 0 Å². The van der Waals surface area contributed by atoms with Gasteiger partial charge in [-0.05, 0) is 32.1 Å². The van der Waals surface area contributed by atoms with Crippen molar-refractivity contribution in [1.82, 2.24) is 15.1 Å². The molecule has 3 fully saturated rings. The van der Waals surface area contributed by atoms with E-state index in [9.17, 15) is 4.79 Å². The van der Waals surface area contributed by atoms with Gasteiger partial charge in [-0.15, -0.1) is 0 Å². The molecule has 3 atom stereocenters. The number of amides is 1. The van der Waals surface area contributed by atoms with Gasteiger partial charge in [0.15, 0.2) is 5.96 Å². The lowest BCUT2D eigenvalue weighted by atomic mass is 10.1. The van der Waals surface area contributed by atoms with Crippen molar-refractivity contribution in [3.8, 4) is 0 Å². The average Bonchev–Trinajstić information content (AvgIpc) is 3.34. The Labute approximate surface area is 157 Å². The van der Waals surface area contributed by atoms with Crippen LogP contribution in [0.2, 0.25) is 0 Å². The van der Waals surface area contributed by atoms with Gasteiger partial charge in [-0.3, -0.25) is 9.79 Å². The first kappa shape index (κ1) is 19.4. The summed E-state index contributed by atoms with van der Waals surface area (Å²) >= 11 is 0. The number of nitrogens with one attached hydrogen (secondary N) is 1. The molecular weight excluding hydrogens is 332 g/mol. The van der Waals surface area contributed by atoms with Crippen LogP contribution in [-0.4, -0.2) is 86.4 Å². The zero-order valence-corrected chi connectivity index (χ0v) is 16.3. The highest BCUT2D eigenvalue weighted by Crippen LogP contribution is 2.21. The molecule has 3 aliphatic rings. The van der Waals surface area contributed by atoms with Crippen molar-refractivity contribution in [2.24, 2.45) is 4.99 Å². The number of nitrogens with zero attached hydrogens (tertiary/aromatic N) is 3. The van der Waals surface area contributed by atoms with Crippen LogP contribution in [0.5, 0.6) is 0 Å². The summed E-state index contributed by atoms with van der Waals surface area (Å²) in [5, 5.41) is 3.49. The molecule has 3 unspecified atom stereocenters. The Kier molecular flexibility index (Phi) is 7.14. The predicted molar refractivity (Wildman–Crippen MR) is 101 cm³/mol. The fourth-order valence-corrected chi connectivity index (χ4v) is 4.31. The van der Waals surface area contributed by atoms with Gasteiger partial charge in [-0.1, -0.05) is 6.92 Å². The molecule has 0 radical (unpaired) electrons. The van der Waals surface area contributed by atoms with E-state index < -0.39 is 0 Å². The molecule has 0 aliphatic carbocycles. The third-order valence-corrected chi connectivity index (χ3v) is 5.77. The minimum atomic E-state index is 0.135. The SMILES string of the molecule is CCC(CCNC(=NC)N1CCOC(C2CCCO2)C1)N1CCCC1=O. The molecular formula is C19H34N4O3. The van der Waals surface area contributed by atoms with E-state index in [1.807, 2.05) is 7.05 Å². The highest BCUT2D eigenvalue weighted by atomic mass is 16.5. The molecule has 0 aromatic carbocycles. The summed E-state index contributed by atoms with van der Waals surface area (Å²) in [5.74, 6) is 1.24. The minimum Gasteiger partial charge on any atom is -0.375 e. The number of guanidine groups is 1. The number of rotatable bonds is 6. The van der Waals surface area contributed by atoms with Crippen LogP contribution in [0, 0.1) is 0 Å². The summed E-state index contributed by atoms with van der Waals surface area (Å²) in [4.78, 5) is 20.8. The van der Waals surface area contributed by atoms with Gasteiger partial charge in [-0.2, -0.15) is 0 Å². The van der Waals surface area contributed by atoms with Crippen molar-refractivity contribution in [2.75, 3.05) is 46.4 Å². The van der Waals surface area contributed by atoms with Crippen LogP contribution in [-0.2, 0) is 14.3 Å². The molecule has 0 bridgehead atoms. The topological polar surface area (TPSA) is 66.4 Å². The molecule has 1 N–H and O–H groups in total. The van der Waals surface area contributed by atoms with Crippen molar-refractivity contribution in [1.29, 1.82) is 0 Å². The number of carbonyl (C=O) groups is 1. The molecule has 0 saturated carbocycles. The highest BCUT2D eigenvalue weighted by molar-refractivity contribution is 5.80. The molecule has 26 heavy (non-hydrogen) atoms. The summed E-state index contributed by atoms with van der Waals surface area (Å²) in [6, 6.07) is 0.333. The largest absolute Gasteiger partial charge is 0.375 e. The van der Waals surface area contributed by atoms with Gasteiger partial charge < -0.3 is 24.6 Å². The lowest BCUT2D eigenvalue weighted by Gasteiger charge is -2.37. The Morgan fingerprint density at radius 3 is 2.77 bits per heavy atom. The van der Waals surface area contributed by atoms with Crippen LogP contribution < -0.4 is 5.32 Å². The number of morpholine rings is 1. The second-order valence-electron chi connectivity index (χ2n) is 7.42. The van der Waals surface area contributed by atoms with Gasteiger partial charge in [0, 0.05) is 52.3 Å².